The number of nitrogens with zero attached hydrogens (tertiary/aromatic N) is 1. The zero-order chi connectivity index (χ0) is 13.0. The van der Waals surface area contributed by atoms with Gasteiger partial charge in [-0.3, -0.25) is 4.98 Å². The Morgan fingerprint density at radius 3 is 2.83 bits per heavy atom. The maximum atomic E-state index is 4.56. The second-order valence-corrected chi connectivity index (χ2v) is 5.70. The molecule has 1 unspecified atom stereocenters. The van der Waals surface area contributed by atoms with Crippen molar-refractivity contribution in [3.8, 4) is 0 Å². The summed E-state index contributed by atoms with van der Waals surface area (Å²) in [7, 11) is 0. The Labute approximate surface area is 113 Å². The normalized spacial score (nSPS) is 12.6. The lowest BCUT2D eigenvalue weighted by Gasteiger charge is -2.18. The van der Waals surface area contributed by atoms with Gasteiger partial charge in [0.05, 0.1) is 11.7 Å². The van der Waals surface area contributed by atoms with Crippen molar-refractivity contribution in [3.05, 3.63) is 51.5 Å². The van der Waals surface area contributed by atoms with E-state index in [0.29, 0.717) is 0 Å². The van der Waals surface area contributed by atoms with E-state index in [2.05, 4.69) is 48.6 Å². The van der Waals surface area contributed by atoms with Crippen LogP contribution in [0.2, 0.25) is 0 Å². The van der Waals surface area contributed by atoms with Crippen LogP contribution in [0.4, 0.5) is 0 Å². The largest absolute Gasteiger partial charge is 0.305 e. The summed E-state index contributed by atoms with van der Waals surface area (Å²) in [5.74, 6) is 0. The fraction of sp³-hybridized carbons (Fsp3) is 0.400. The summed E-state index contributed by atoms with van der Waals surface area (Å²) in [6.45, 7) is 7.47. The Morgan fingerprint density at radius 2 is 2.22 bits per heavy atom. The van der Waals surface area contributed by atoms with Crippen LogP contribution in [-0.2, 0) is 0 Å². The van der Waals surface area contributed by atoms with Gasteiger partial charge in [0.25, 0.3) is 0 Å². The molecule has 2 nitrogen and oxygen atoms in total. The number of pyridine rings is 1. The predicted octanol–water partition coefficient (Wildman–Crippen LogP) is 3.85. The first-order valence-corrected chi connectivity index (χ1v) is 7.30. The molecule has 0 spiro atoms. The second-order valence-electron chi connectivity index (χ2n) is 4.58. The van der Waals surface area contributed by atoms with E-state index in [4.69, 9.17) is 0 Å². The first-order chi connectivity index (χ1) is 8.72. The molecule has 1 N–H and O–H groups in total. The molecule has 0 saturated heterocycles. The van der Waals surface area contributed by atoms with Gasteiger partial charge in [-0.05, 0) is 55.5 Å². The third-order valence-corrected chi connectivity index (χ3v) is 3.89. The molecule has 2 aromatic heterocycles. The van der Waals surface area contributed by atoms with Crippen LogP contribution in [0, 0.1) is 13.8 Å². The lowest BCUT2D eigenvalue weighted by Crippen LogP contribution is -2.24. The SMILES string of the molecule is CCCNC(c1csc(C)c1)c1ncccc1C. The summed E-state index contributed by atoms with van der Waals surface area (Å²) >= 11 is 1.80. The molecule has 0 aromatic carbocycles. The monoisotopic (exact) mass is 260 g/mol. The summed E-state index contributed by atoms with van der Waals surface area (Å²) in [6, 6.07) is 6.60. The highest BCUT2D eigenvalue weighted by molar-refractivity contribution is 7.10. The van der Waals surface area contributed by atoms with Crippen LogP contribution in [0.25, 0.3) is 0 Å². The number of aryl methyl sites for hydroxylation is 2. The van der Waals surface area contributed by atoms with Crippen LogP contribution in [0.5, 0.6) is 0 Å². The van der Waals surface area contributed by atoms with Crippen LogP contribution in [0.1, 0.15) is 41.1 Å². The first-order valence-electron chi connectivity index (χ1n) is 6.42. The van der Waals surface area contributed by atoms with Gasteiger partial charge >= 0.3 is 0 Å². The Kier molecular flexibility index (Phi) is 4.50. The average molecular weight is 260 g/mol. The smallest absolute Gasteiger partial charge is 0.0762 e. The number of aromatic nitrogens is 1. The second kappa shape index (κ2) is 6.12. The number of thiophene rings is 1. The van der Waals surface area contributed by atoms with Crippen molar-refractivity contribution in [2.45, 2.75) is 33.2 Å². The third-order valence-electron chi connectivity index (χ3n) is 3.01. The molecule has 0 bridgehead atoms. The fourth-order valence-corrected chi connectivity index (χ4v) is 2.81. The Balaban J connectivity index is 2.33. The minimum absolute atomic E-state index is 0.219. The van der Waals surface area contributed by atoms with Gasteiger partial charge in [0.15, 0.2) is 0 Å². The van der Waals surface area contributed by atoms with E-state index in [1.807, 2.05) is 12.3 Å². The molecule has 0 amide bonds. The van der Waals surface area contributed by atoms with Gasteiger partial charge in [-0.2, -0.15) is 0 Å². The number of rotatable bonds is 5. The van der Waals surface area contributed by atoms with E-state index in [1.54, 1.807) is 11.3 Å². The summed E-state index contributed by atoms with van der Waals surface area (Å²) < 4.78 is 0. The molecule has 96 valence electrons. The lowest BCUT2D eigenvalue weighted by atomic mass is 10.0. The molecular weight excluding hydrogens is 240 g/mol. The zero-order valence-electron chi connectivity index (χ0n) is 11.2. The van der Waals surface area contributed by atoms with E-state index < -0.39 is 0 Å². The van der Waals surface area contributed by atoms with Crippen molar-refractivity contribution in [1.29, 1.82) is 0 Å². The van der Waals surface area contributed by atoms with Crippen molar-refractivity contribution in [2.24, 2.45) is 0 Å². The summed E-state index contributed by atoms with van der Waals surface area (Å²) in [5, 5.41) is 5.83. The van der Waals surface area contributed by atoms with Crippen LogP contribution in [0.3, 0.4) is 0 Å². The lowest BCUT2D eigenvalue weighted by molar-refractivity contribution is 0.585. The van der Waals surface area contributed by atoms with Crippen LogP contribution >= 0.6 is 11.3 Å². The standard InChI is InChI=1S/C15H20N2S/c1-4-7-16-15(13-9-12(3)18-10-13)14-11(2)6-5-8-17-14/h5-6,8-10,15-16H,4,7H2,1-3H3. The Hall–Kier alpha value is -1.19. The molecule has 18 heavy (non-hydrogen) atoms. The van der Waals surface area contributed by atoms with Gasteiger partial charge in [0.2, 0.25) is 0 Å². The molecular formula is C15H20N2S. The maximum absolute atomic E-state index is 4.56. The fourth-order valence-electron chi connectivity index (χ4n) is 2.08. The van der Waals surface area contributed by atoms with E-state index in [0.717, 1.165) is 18.7 Å². The van der Waals surface area contributed by atoms with E-state index in [-0.39, 0.29) is 6.04 Å². The molecule has 0 aliphatic heterocycles. The number of hydrogen-bond donors (Lipinski definition) is 1. The summed E-state index contributed by atoms with van der Waals surface area (Å²) in [6.07, 6.45) is 3.01. The third kappa shape index (κ3) is 2.98. The van der Waals surface area contributed by atoms with Gasteiger partial charge in [-0.25, -0.2) is 0 Å². The van der Waals surface area contributed by atoms with Crippen LogP contribution in [-0.4, -0.2) is 11.5 Å². The van der Waals surface area contributed by atoms with Crippen molar-refractivity contribution < 1.29 is 0 Å². The highest BCUT2D eigenvalue weighted by atomic mass is 32.1. The first kappa shape index (κ1) is 13.2. The summed E-state index contributed by atoms with van der Waals surface area (Å²) in [5.41, 5.74) is 3.71. The van der Waals surface area contributed by atoms with Gasteiger partial charge < -0.3 is 5.32 Å². The molecule has 0 aliphatic carbocycles. The minimum atomic E-state index is 0.219. The van der Waals surface area contributed by atoms with Crippen molar-refractivity contribution in [1.82, 2.24) is 10.3 Å². The van der Waals surface area contributed by atoms with E-state index in [9.17, 15) is 0 Å². The quantitative estimate of drug-likeness (QED) is 0.883. The molecule has 0 saturated carbocycles. The van der Waals surface area contributed by atoms with Gasteiger partial charge in [-0.1, -0.05) is 13.0 Å². The maximum Gasteiger partial charge on any atom is 0.0762 e. The predicted molar refractivity (Wildman–Crippen MR) is 78.2 cm³/mol. The molecule has 3 heteroatoms. The van der Waals surface area contributed by atoms with Gasteiger partial charge in [0.1, 0.15) is 0 Å². The number of nitrogens with one attached hydrogen (secondary N) is 1. The molecule has 2 heterocycles. The Morgan fingerprint density at radius 1 is 1.39 bits per heavy atom. The van der Waals surface area contributed by atoms with E-state index in [1.165, 1.54) is 16.0 Å². The molecule has 1 atom stereocenters. The minimum Gasteiger partial charge on any atom is -0.305 e. The average Bonchev–Trinajstić information content (AvgIpc) is 2.78. The highest BCUT2D eigenvalue weighted by Gasteiger charge is 2.17. The van der Waals surface area contributed by atoms with Gasteiger partial charge in [-0.15, -0.1) is 11.3 Å². The van der Waals surface area contributed by atoms with Crippen LogP contribution < -0.4 is 5.32 Å². The van der Waals surface area contributed by atoms with Crippen LogP contribution in [0.15, 0.2) is 29.8 Å². The zero-order valence-corrected chi connectivity index (χ0v) is 12.1. The molecule has 0 aliphatic rings. The van der Waals surface area contributed by atoms with Gasteiger partial charge in [0, 0.05) is 11.1 Å². The topological polar surface area (TPSA) is 24.9 Å². The molecule has 2 rings (SSSR count). The van der Waals surface area contributed by atoms with E-state index >= 15 is 0 Å². The number of hydrogen-bond acceptors (Lipinski definition) is 3. The Bertz CT molecular complexity index is 505. The van der Waals surface area contributed by atoms with Crippen molar-refractivity contribution >= 4 is 11.3 Å². The molecule has 0 radical (unpaired) electrons. The molecule has 0 fully saturated rings. The van der Waals surface area contributed by atoms with Crippen molar-refractivity contribution in [2.75, 3.05) is 6.54 Å². The summed E-state index contributed by atoms with van der Waals surface area (Å²) in [4.78, 5) is 5.91. The highest BCUT2D eigenvalue weighted by Crippen LogP contribution is 2.26. The van der Waals surface area contributed by atoms with Crippen molar-refractivity contribution in [3.63, 3.8) is 0 Å². The molecule has 2 aromatic rings.